The molecular weight excluding hydrogens is 190 g/mol. The molecule has 1 aromatic carbocycles. The Labute approximate surface area is 89.1 Å². The largest absolute Gasteiger partial charge is 0.508 e. The number of hydrogen-bond acceptors (Lipinski definition) is 2. The van der Waals surface area contributed by atoms with Crippen LogP contribution in [0.25, 0.3) is 0 Å². The van der Waals surface area contributed by atoms with E-state index in [-0.39, 0.29) is 17.6 Å². The number of benzene rings is 1. The van der Waals surface area contributed by atoms with Gasteiger partial charge in [-0.2, -0.15) is 0 Å². The highest BCUT2D eigenvalue weighted by Crippen LogP contribution is 2.28. The first kappa shape index (κ1) is 10.0. The van der Waals surface area contributed by atoms with Crippen molar-refractivity contribution < 1.29 is 9.90 Å². The van der Waals surface area contributed by atoms with E-state index >= 15 is 0 Å². The molecule has 2 rings (SSSR count). The summed E-state index contributed by atoms with van der Waals surface area (Å²) in [6.07, 6.45) is 2.85. The second-order valence-corrected chi connectivity index (χ2v) is 3.99. The molecule has 1 aliphatic carbocycles. The molecule has 2 N–H and O–H groups in total. The van der Waals surface area contributed by atoms with Gasteiger partial charge in [0.25, 0.3) is 0 Å². The van der Waals surface area contributed by atoms with Gasteiger partial charge in [0.15, 0.2) is 0 Å². The Bertz CT molecular complexity index is 358. The second kappa shape index (κ2) is 4.34. The number of phenolic OH excluding ortho intramolecular Hbond substituents is 1. The van der Waals surface area contributed by atoms with E-state index in [0.717, 1.165) is 24.8 Å². The predicted octanol–water partition coefficient (Wildman–Crippen LogP) is 1.46. The van der Waals surface area contributed by atoms with Gasteiger partial charge in [0, 0.05) is 12.5 Å². The van der Waals surface area contributed by atoms with Crippen LogP contribution in [0, 0.1) is 5.92 Å². The van der Waals surface area contributed by atoms with Gasteiger partial charge in [0.1, 0.15) is 5.75 Å². The first-order chi connectivity index (χ1) is 7.25. The molecule has 1 saturated carbocycles. The third kappa shape index (κ3) is 2.98. The molecule has 3 heteroatoms. The van der Waals surface area contributed by atoms with Gasteiger partial charge in [0.2, 0.25) is 5.91 Å². The summed E-state index contributed by atoms with van der Waals surface area (Å²) in [7, 11) is 0. The van der Waals surface area contributed by atoms with Crippen LogP contribution in [0.1, 0.15) is 18.4 Å². The Balaban J connectivity index is 1.75. The van der Waals surface area contributed by atoms with Gasteiger partial charge in [-0.05, 0) is 37.0 Å². The Morgan fingerprint density at radius 3 is 2.93 bits per heavy atom. The van der Waals surface area contributed by atoms with E-state index in [1.165, 1.54) is 0 Å². The lowest BCUT2D eigenvalue weighted by Gasteiger charge is -2.04. The molecule has 0 radical (unpaired) electrons. The SMILES string of the molecule is O=C(NCCc1cccc(O)c1)C1CC1. The van der Waals surface area contributed by atoms with Crippen molar-refractivity contribution in [3.8, 4) is 5.75 Å². The fourth-order valence-corrected chi connectivity index (χ4v) is 1.53. The van der Waals surface area contributed by atoms with Gasteiger partial charge in [-0.25, -0.2) is 0 Å². The molecule has 0 heterocycles. The standard InChI is InChI=1S/C12H15NO2/c14-11-3-1-2-9(8-11)6-7-13-12(15)10-4-5-10/h1-3,8,10,14H,4-7H2,(H,13,15). The normalized spacial score (nSPS) is 14.9. The Morgan fingerprint density at radius 2 is 2.27 bits per heavy atom. The zero-order valence-corrected chi connectivity index (χ0v) is 8.57. The number of nitrogens with one attached hydrogen (secondary N) is 1. The molecule has 1 amide bonds. The number of phenols is 1. The fraction of sp³-hybridized carbons (Fsp3) is 0.417. The second-order valence-electron chi connectivity index (χ2n) is 3.99. The lowest BCUT2D eigenvalue weighted by atomic mass is 10.1. The molecule has 80 valence electrons. The predicted molar refractivity (Wildman–Crippen MR) is 57.5 cm³/mol. The average Bonchev–Trinajstić information content (AvgIpc) is 3.00. The highest BCUT2D eigenvalue weighted by Gasteiger charge is 2.28. The minimum atomic E-state index is 0.176. The van der Waals surface area contributed by atoms with E-state index in [9.17, 15) is 9.90 Å². The molecule has 1 fully saturated rings. The van der Waals surface area contributed by atoms with Crippen molar-refractivity contribution in [1.82, 2.24) is 5.32 Å². The van der Waals surface area contributed by atoms with Crippen LogP contribution in [0.2, 0.25) is 0 Å². The van der Waals surface area contributed by atoms with Crippen LogP contribution in [-0.2, 0) is 11.2 Å². The monoisotopic (exact) mass is 205 g/mol. The summed E-state index contributed by atoms with van der Waals surface area (Å²) in [6, 6.07) is 7.13. The summed E-state index contributed by atoms with van der Waals surface area (Å²) in [5.74, 6) is 0.727. The number of aromatic hydroxyl groups is 1. The fourth-order valence-electron chi connectivity index (χ4n) is 1.53. The van der Waals surface area contributed by atoms with Crippen molar-refractivity contribution in [2.75, 3.05) is 6.54 Å². The average molecular weight is 205 g/mol. The minimum Gasteiger partial charge on any atom is -0.508 e. The number of amides is 1. The number of carbonyl (C=O) groups is 1. The third-order valence-corrected chi connectivity index (χ3v) is 2.57. The molecule has 1 aromatic rings. The Kier molecular flexibility index (Phi) is 2.90. The molecular formula is C12H15NO2. The Morgan fingerprint density at radius 1 is 1.47 bits per heavy atom. The third-order valence-electron chi connectivity index (χ3n) is 2.57. The molecule has 0 atom stereocenters. The smallest absolute Gasteiger partial charge is 0.223 e. The van der Waals surface area contributed by atoms with Crippen LogP contribution in [-0.4, -0.2) is 17.6 Å². The van der Waals surface area contributed by atoms with Crippen LogP contribution in [0.15, 0.2) is 24.3 Å². The zero-order valence-electron chi connectivity index (χ0n) is 8.57. The quantitative estimate of drug-likeness (QED) is 0.781. The molecule has 0 bridgehead atoms. The van der Waals surface area contributed by atoms with E-state index in [0.29, 0.717) is 6.54 Å². The van der Waals surface area contributed by atoms with Gasteiger partial charge < -0.3 is 10.4 Å². The maximum atomic E-state index is 11.3. The van der Waals surface area contributed by atoms with E-state index in [2.05, 4.69) is 5.32 Å². The summed E-state index contributed by atoms with van der Waals surface area (Å²) in [5, 5.41) is 12.1. The summed E-state index contributed by atoms with van der Waals surface area (Å²) >= 11 is 0. The molecule has 15 heavy (non-hydrogen) atoms. The van der Waals surface area contributed by atoms with Gasteiger partial charge in [-0.3, -0.25) is 4.79 Å². The molecule has 0 aromatic heterocycles. The van der Waals surface area contributed by atoms with Crippen LogP contribution in [0.5, 0.6) is 5.75 Å². The highest BCUT2D eigenvalue weighted by molar-refractivity contribution is 5.80. The van der Waals surface area contributed by atoms with Crippen LogP contribution in [0.3, 0.4) is 0 Å². The van der Waals surface area contributed by atoms with Crippen LogP contribution >= 0.6 is 0 Å². The van der Waals surface area contributed by atoms with Gasteiger partial charge in [-0.15, -0.1) is 0 Å². The lowest BCUT2D eigenvalue weighted by Crippen LogP contribution is -2.26. The molecule has 1 aliphatic rings. The van der Waals surface area contributed by atoms with Crippen LogP contribution in [0.4, 0.5) is 0 Å². The van der Waals surface area contributed by atoms with E-state index in [4.69, 9.17) is 0 Å². The number of rotatable bonds is 4. The maximum Gasteiger partial charge on any atom is 0.223 e. The summed E-state index contributed by atoms with van der Waals surface area (Å²) in [6.45, 7) is 0.652. The number of hydrogen-bond donors (Lipinski definition) is 2. The van der Waals surface area contributed by atoms with Crippen molar-refractivity contribution >= 4 is 5.91 Å². The van der Waals surface area contributed by atoms with Gasteiger partial charge in [0.05, 0.1) is 0 Å². The zero-order chi connectivity index (χ0) is 10.7. The van der Waals surface area contributed by atoms with Crippen molar-refractivity contribution in [2.45, 2.75) is 19.3 Å². The highest BCUT2D eigenvalue weighted by atomic mass is 16.3. The first-order valence-corrected chi connectivity index (χ1v) is 5.31. The van der Waals surface area contributed by atoms with E-state index in [1.54, 1.807) is 12.1 Å². The van der Waals surface area contributed by atoms with E-state index < -0.39 is 0 Å². The topological polar surface area (TPSA) is 49.3 Å². The molecule has 0 spiro atoms. The summed E-state index contributed by atoms with van der Waals surface area (Å²) in [5.41, 5.74) is 1.05. The van der Waals surface area contributed by atoms with Gasteiger partial charge >= 0.3 is 0 Å². The summed E-state index contributed by atoms with van der Waals surface area (Å²) < 4.78 is 0. The van der Waals surface area contributed by atoms with Gasteiger partial charge in [-0.1, -0.05) is 12.1 Å². The van der Waals surface area contributed by atoms with Crippen molar-refractivity contribution in [3.63, 3.8) is 0 Å². The van der Waals surface area contributed by atoms with Crippen molar-refractivity contribution in [3.05, 3.63) is 29.8 Å². The maximum absolute atomic E-state index is 11.3. The number of carbonyl (C=O) groups excluding carboxylic acids is 1. The molecule has 0 saturated heterocycles. The van der Waals surface area contributed by atoms with E-state index in [1.807, 2.05) is 12.1 Å². The molecule has 3 nitrogen and oxygen atoms in total. The Hall–Kier alpha value is -1.51. The van der Waals surface area contributed by atoms with Crippen molar-refractivity contribution in [1.29, 1.82) is 0 Å². The molecule has 0 unspecified atom stereocenters. The molecule has 0 aliphatic heterocycles. The lowest BCUT2D eigenvalue weighted by molar-refractivity contribution is -0.122. The van der Waals surface area contributed by atoms with Crippen molar-refractivity contribution in [2.24, 2.45) is 5.92 Å². The first-order valence-electron chi connectivity index (χ1n) is 5.31. The van der Waals surface area contributed by atoms with Crippen LogP contribution < -0.4 is 5.32 Å². The minimum absolute atomic E-state index is 0.176. The summed E-state index contributed by atoms with van der Waals surface area (Å²) in [4.78, 5) is 11.3.